The van der Waals surface area contributed by atoms with Crippen molar-refractivity contribution in [2.75, 3.05) is 7.11 Å². The van der Waals surface area contributed by atoms with Crippen molar-refractivity contribution in [1.29, 1.82) is 0 Å². The van der Waals surface area contributed by atoms with Gasteiger partial charge >= 0.3 is 0 Å². The van der Waals surface area contributed by atoms with E-state index in [9.17, 15) is 4.79 Å². The molecule has 0 saturated carbocycles. The minimum Gasteiger partial charge on any atom is -0.496 e. The highest BCUT2D eigenvalue weighted by molar-refractivity contribution is 5.79. The molecule has 0 spiro atoms. The van der Waals surface area contributed by atoms with E-state index in [4.69, 9.17) is 4.74 Å². The molecular weight excluding hydrogens is 208 g/mol. The van der Waals surface area contributed by atoms with Crippen molar-refractivity contribution in [3.8, 4) is 5.75 Å². The predicted molar refractivity (Wildman–Crippen MR) is 55.3 cm³/mol. The van der Waals surface area contributed by atoms with Gasteiger partial charge in [0.25, 0.3) is 0 Å². The molecule has 16 heavy (non-hydrogen) atoms. The molecule has 1 heterocycles. The Morgan fingerprint density at radius 2 is 2.38 bits per heavy atom. The van der Waals surface area contributed by atoms with E-state index < -0.39 is 0 Å². The predicted octanol–water partition coefficient (Wildman–Crippen LogP) is 0.542. The molecule has 0 aliphatic rings. The summed E-state index contributed by atoms with van der Waals surface area (Å²) in [5.41, 5.74) is 1.46. The van der Waals surface area contributed by atoms with Gasteiger partial charge in [0, 0.05) is 0 Å². The SMILES string of the molecule is COc1ccc(Cn2cnnn2)cc1C=O. The largest absolute Gasteiger partial charge is 0.496 e. The Morgan fingerprint density at radius 3 is 3.00 bits per heavy atom. The van der Waals surface area contributed by atoms with E-state index in [2.05, 4.69) is 15.5 Å². The van der Waals surface area contributed by atoms with Crippen molar-refractivity contribution in [1.82, 2.24) is 20.2 Å². The highest BCUT2D eigenvalue weighted by Crippen LogP contribution is 2.18. The summed E-state index contributed by atoms with van der Waals surface area (Å²) in [6.07, 6.45) is 2.28. The number of nitrogens with zero attached hydrogens (tertiary/aromatic N) is 4. The quantitative estimate of drug-likeness (QED) is 0.700. The van der Waals surface area contributed by atoms with Crippen LogP contribution in [-0.4, -0.2) is 33.6 Å². The maximum atomic E-state index is 10.8. The van der Waals surface area contributed by atoms with Crippen molar-refractivity contribution in [2.45, 2.75) is 6.54 Å². The number of carbonyl (C=O) groups excluding carboxylic acids is 1. The highest BCUT2D eigenvalue weighted by Gasteiger charge is 2.04. The van der Waals surface area contributed by atoms with Crippen LogP contribution in [0.25, 0.3) is 0 Å². The molecule has 0 fully saturated rings. The van der Waals surface area contributed by atoms with Gasteiger partial charge in [-0.25, -0.2) is 4.68 Å². The van der Waals surface area contributed by atoms with Gasteiger partial charge in [-0.2, -0.15) is 0 Å². The minimum atomic E-state index is 0.521. The van der Waals surface area contributed by atoms with Crippen molar-refractivity contribution >= 4 is 6.29 Å². The molecule has 2 rings (SSSR count). The van der Waals surface area contributed by atoms with E-state index in [1.807, 2.05) is 6.07 Å². The molecule has 6 heteroatoms. The Labute approximate surface area is 91.8 Å². The van der Waals surface area contributed by atoms with Gasteiger partial charge in [0.2, 0.25) is 0 Å². The molecule has 0 amide bonds. The second kappa shape index (κ2) is 4.52. The maximum absolute atomic E-state index is 10.8. The number of benzene rings is 1. The molecule has 6 nitrogen and oxygen atoms in total. The minimum absolute atomic E-state index is 0.521. The van der Waals surface area contributed by atoms with Crippen LogP contribution in [0.4, 0.5) is 0 Å². The molecule has 0 bridgehead atoms. The molecule has 1 aromatic heterocycles. The molecule has 0 atom stereocenters. The monoisotopic (exact) mass is 218 g/mol. The zero-order valence-corrected chi connectivity index (χ0v) is 8.70. The van der Waals surface area contributed by atoms with Gasteiger partial charge in [-0.05, 0) is 28.1 Å². The van der Waals surface area contributed by atoms with E-state index in [0.717, 1.165) is 11.8 Å². The van der Waals surface area contributed by atoms with Crippen molar-refractivity contribution < 1.29 is 9.53 Å². The van der Waals surface area contributed by atoms with Crippen LogP contribution in [0.3, 0.4) is 0 Å². The first kappa shape index (κ1) is 10.3. The summed E-state index contributed by atoms with van der Waals surface area (Å²) in [5.74, 6) is 0.565. The molecule has 2 aromatic rings. The lowest BCUT2D eigenvalue weighted by atomic mass is 10.1. The number of ether oxygens (including phenoxy) is 1. The van der Waals surface area contributed by atoms with Crippen LogP contribution < -0.4 is 4.74 Å². The van der Waals surface area contributed by atoms with Crippen molar-refractivity contribution in [2.24, 2.45) is 0 Å². The Kier molecular flexibility index (Phi) is 2.90. The zero-order valence-electron chi connectivity index (χ0n) is 8.70. The summed E-state index contributed by atoms with van der Waals surface area (Å²) in [6, 6.07) is 5.38. The van der Waals surface area contributed by atoms with Crippen LogP contribution in [0.2, 0.25) is 0 Å². The summed E-state index contributed by atoms with van der Waals surface area (Å²) in [6.45, 7) is 0.526. The van der Waals surface area contributed by atoms with Crippen LogP contribution in [0, 0.1) is 0 Å². The molecule has 0 aliphatic heterocycles. The second-order valence-electron chi connectivity index (χ2n) is 3.20. The maximum Gasteiger partial charge on any atom is 0.153 e. The van der Waals surface area contributed by atoms with Gasteiger partial charge in [-0.1, -0.05) is 6.07 Å². The molecule has 0 radical (unpaired) electrons. The summed E-state index contributed by atoms with van der Waals surface area (Å²) in [5, 5.41) is 10.8. The highest BCUT2D eigenvalue weighted by atomic mass is 16.5. The van der Waals surface area contributed by atoms with E-state index in [1.54, 1.807) is 16.8 Å². The number of hydrogen-bond acceptors (Lipinski definition) is 5. The summed E-state index contributed by atoms with van der Waals surface area (Å²) in [7, 11) is 1.53. The fraction of sp³-hybridized carbons (Fsp3) is 0.200. The standard InChI is InChI=1S/C10H10N4O2/c1-16-10-3-2-8(4-9(10)6-15)5-14-7-11-12-13-14/h2-4,6-7H,5H2,1H3. The average Bonchev–Trinajstić information content (AvgIpc) is 2.81. The van der Waals surface area contributed by atoms with E-state index in [0.29, 0.717) is 17.9 Å². The number of methoxy groups -OCH3 is 1. The molecule has 0 saturated heterocycles. The number of aromatic nitrogens is 4. The van der Waals surface area contributed by atoms with Gasteiger partial charge in [-0.3, -0.25) is 4.79 Å². The Morgan fingerprint density at radius 1 is 1.50 bits per heavy atom. The third-order valence-corrected chi connectivity index (χ3v) is 2.16. The molecule has 0 unspecified atom stereocenters. The van der Waals surface area contributed by atoms with E-state index >= 15 is 0 Å². The number of carbonyl (C=O) groups is 1. The third-order valence-electron chi connectivity index (χ3n) is 2.16. The average molecular weight is 218 g/mol. The fourth-order valence-corrected chi connectivity index (χ4v) is 1.41. The van der Waals surface area contributed by atoms with Crippen LogP contribution in [0.5, 0.6) is 5.75 Å². The Hall–Kier alpha value is -2.24. The first-order valence-electron chi connectivity index (χ1n) is 4.66. The van der Waals surface area contributed by atoms with Gasteiger partial charge in [0.1, 0.15) is 12.1 Å². The number of rotatable bonds is 4. The molecule has 82 valence electrons. The second-order valence-corrected chi connectivity index (χ2v) is 3.20. The van der Waals surface area contributed by atoms with Crippen LogP contribution in [0.1, 0.15) is 15.9 Å². The summed E-state index contributed by atoms with van der Waals surface area (Å²) in [4.78, 5) is 10.8. The van der Waals surface area contributed by atoms with Gasteiger partial charge < -0.3 is 4.74 Å². The van der Waals surface area contributed by atoms with Gasteiger partial charge in [0.05, 0.1) is 19.2 Å². The zero-order chi connectivity index (χ0) is 11.4. The van der Waals surface area contributed by atoms with E-state index in [-0.39, 0.29) is 0 Å². The van der Waals surface area contributed by atoms with Gasteiger partial charge in [-0.15, -0.1) is 5.10 Å². The number of hydrogen-bond donors (Lipinski definition) is 0. The van der Waals surface area contributed by atoms with Crippen LogP contribution in [0.15, 0.2) is 24.5 Å². The smallest absolute Gasteiger partial charge is 0.153 e. The Bertz CT molecular complexity index is 482. The summed E-state index contributed by atoms with van der Waals surface area (Å²) < 4.78 is 6.63. The molecule has 0 aliphatic carbocycles. The molecule has 1 aromatic carbocycles. The van der Waals surface area contributed by atoms with Crippen LogP contribution >= 0.6 is 0 Å². The fourth-order valence-electron chi connectivity index (χ4n) is 1.41. The van der Waals surface area contributed by atoms with Crippen molar-refractivity contribution in [3.63, 3.8) is 0 Å². The number of tetrazole rings is 1. The van der Waals surface area contributed by atoms with Crippen molar-refractivity contribution in [3.05, 3.63) is 35.7 Å². The number of aldehydes is 1. The Balaban J connectivity index is 2.26. The molecule has 0 N–H and O–H groups in total. The lowest BCUT2D eigenvalue weighted by Gasteiger charge is -2.05. The molecular formula is C10H10N4O2. The van der Waals surface area contributed by atoms with Gasteiger partial charge in [0.15, 0.2) is 6.29 Å². The first-order chi connectivity index (χ1) is 7.83. The van der Waals surface area contributed by atoms with Crippen LogP contribution in [-0.2, 0) is 6.54 Å². The normalized spacial score (nSPS) is 10.1. The first-order valence-corrected chi connectivity index (χ1v) is 4.66. The lowest BCUT2D eigenvalue weighted by Crippen LogP contribution is -2.01. The third kappa shape index (κ3) is 2.05. The lowest BCUT2D eigenvalue weighted by molar-refractivity contribution is 0.112. The topological polar surface area (TPSA) is 69.9 Å². The van der Waals surface area contributed by atoms with E-state index in [1.165, 1.54) is 13.4 Å². The summed E-state index contributed by atoms with van der Waals surface area (Å²) >= 11 is 0.